The topological polar surface area (TPSA) is 71.8 Å². The fourth-order valence-electron chi connectivity index (χ4n) is 2.84. The van der Waals surface area contributed by atoms with Crippen LogP contribution in [0.3, 0.4) is 0 Å². The second-order valence-corrected chi connectivity index (χ2v) is 8.48. The van der Waals surface area contributed by atoms with E-state index in [1.165, 1.54) is 14.4 Å². The van der Waals surface area contributed by atoms with Gasteiger partial charge in [0, 0.05) is 16.2 Å². The number of nitrogens with zero attached hydrogens (tertiary/aromatic N) is 3. The molecule has 0 atom stereocenters. The first-order chi connectivity index (χ1) is 14.3. The van der Waals surface area contributed by atoms with Gasteiger partial charge >= 0.3 is 0 Å². The summed E-state index contributed by atoms with van der Waals surface area (Å²) in [7, 11) is 0. The van der Waals surface area contributed by atoms with Gasteiger partial charge in [-0.3, -0.25) is 4.79 Å². The van der Waals surface area contributed by atoms with Gasteiger partial charge in [0.25, 0.3) is 0 Å². The van der Waals surface area contributed by atoms with Crippen LogP contribution in [0.2, 0.25) is 0 Å². The SMILES string of the molecule is O=C(CCc1ccccc1)n1nc(NCc2cccs2)nc1NCc1cccs1. The summed E-state index contributed by atoms with van der Waals surface area (Å²) in [5.74, 6) is 0.824. The van der Waals surface area contributed by atoms with E-state index in [1.54, 1.807) is 22.7 Å². The molecule has 0 unspecified atom stereocenters. The van der Waals surface area contributed by atoms with Crippen molar-refractivity contribution in [1.29, 1.82) is 0 Å². The lowest BCUT2D eigenvalue weighted by Gasteiger charge is -2.06. The summed E-state index contributed by atoms with van der Waals surface area (Å²) in [5.41, 5.74) is 1.13. The summed E-state index contributed by atoms with van der Waals surface area (Å²) in [6.07, 6.45) is 1.03. The van der Waals surface area contributed by atoms with E-state index >= 15 is 0 Å². The molecule has 3 heterocycles. The molecule has 0 aliphatic heterocycles. The number of aromatic nitrogens is 3. The summed E-state index contributed by atoms with van der Waals surface area (Å²) in [6, 6.07) is 18.1. The molecule has 4 aromatic rings. The zero-order valence-electron chi connectivity index (χ0n) is 15.7. The summed E-state index contributed by atoms with van der Waals surface area (Å²) < 4.78 is 1.38. The molecule has 3 aromatic heterocycles. The van der Waals surface area contributed by atoms with Crippen LogP contribution in [0, 0.1) is 0 Å². The molecule has 4 rings (SSSR count). The maximum Gasteiger partial charge on any atom is 0.250 e. The van der Waals surface area contributed by atoms with Crippen molar-refractivity contribution in [2.45, 2.75) is 25.9 Å². The average molecular weight is 424 g/mol. The molecule has 8 heteroatoms. The number of aryl methyl sites for hydroxylation is 1. The number of hydrogen-bond acceptors (Lipinski definition) is 7. The zero-order valence-corrected chi connectivity index (χ0v) is 17.4. The third-order valence-electron chi connectivity index (χ3n) is 4.32. The van der Waals surface area contributed by atoms with Crippen LogP contribution in [0.4, 0.5) is 11.9 Å². The van der Waals surface area contributed by atoms with Crippen LogP contribution < -0.4 is 10.6 Å². The highest BCUT2D eigenvalue weighted by atomic mass is 32.1. The monoisotopic (exact) mass is 423 g/mol. The van der Waals surface area contributed by atoms with Gasteiger partial charge in [-0.15, -0.1) is 27.8 Å². The van der Waals surface area contributed by atoms with Crippen LogP contribution >= 0.6 is 22.7 Å². The fourth-order valence-corrected chi connectivity index (χ4v) is 4.12. The Labute approximate surface area is 177 Å². The molecule has 0 bridgehead atoms. The third-order valence-corrected chi connectivity index (χ3v) is 6.07. The van der Waals surface area contributed by atoms with Crippen molar-refractivity contribution in [3.63, 3.8) is 0 Å². The van der Waals surface area contributed by atoms with Crippen molar-refractivity contribution in [3.05, 3.63) is 80.7 Å². The van der Waals surface area contributed by atoms with Gasteiger partial charge in [-0.25, -0.2) is 0 Å². The Bertz CT molecular complexity index is 1030. The Morgan fingerprint density at radius 2 is 1.59 bits per heavy atom. The van der Waals surface area contributed by atoms with Gasteiger partial charge in [0.05, 0.1) is 13.1 Å². The molecule has 0 radical (unpaired) electrons. The molecule has 0 aliphatic rings. The average Bonchev–Trinajstić information content (AvgIpc) is 3.51. The molecule has 0 saturated carbocycles. The van der Waals surface area contributed by atoms with Gasteiger partial charge in [0.1, 0.15) is 0 Å². The van der Waals surface area contributed by atoms with Crippen molar-refractivity contribution in [2.24, 2.45) is 0 Å². The standard InChI is InChI=1S/C21H21N5OS2/c27-19(11-10-16-6-2-1-3-7-16)26-21(23-15-18-9-5-13-29-18)24-20(25-26)22-14-17-8-4-12-28-17/h1-9,12-13H,10-11,14-15H2,(H2,22,23,24,25). The number of carbonyl (C=O) groups excluding carboxylic acids is 1. The smallest absolute Gasteiger partial charge is 0.250 e. The van der Waals surface area contributed by atoms with E-state index in [0.717, 1.165) is 5.56 Å². The molecule has 29 heavy (non-hydrogen) atoms. The normalized spacial score (nSPS) is 10.8. The summed E-state index contributed by atoms with van der Waals surface area (Å²) in [6.45, 7) is 1.23. The molecule has 2 N–H and O–H groups in total. The lowest BCUT2D eigenvalue weighted by atomic mass is 10.1. The van der Waals surface area contributed by atoms with E-state index in [1.807, 2.05) is 59.3 Å². The quantitative estimate of drug-likeness (QED) is 0.401. The highest BCUT2D eigenvalue weighted by Crippen LogP contribution is 2.16. The predicted molar refractivity (Wildman–Crippen MR) is 119 cm³/mol. The van der Waals surface area contributed by atoms with Crippen LogP contribution in [0.25, 0.3) is 0 Å². The predicted octanol–water partition coefficient (Wildman–Crippen LogP) is 4.90. The van der Waals surface area contributed by atoms with Crippen LogP contribution in [-0.2, 0) is 19.5 Å². The number of anilines is 2. The molecule has 6 nitrogen and oxygen atoms in total. The lowest BCUT2D eigenvalue weighted by molar-refractivity contribution is 0.0890. The number of nitrogens with one attached hydrogen (secondary N) is 2. The van der Waals surface area contributed by atoms with E-state index < -0.39 is 0 Å². The largest absolute Gasteiger partial charge is 0.349 e. The van der Waals surface area contributed by atoms with Crippen molar-refractivity contribution in [1.82, 2.24) is 14.8 Å². The maximum absolute atomic E-state index is 12.8. The maximum atomic E-state index is 12.8. The zero-order chi connectivity index (χ0) is 19.9. The van der Waals surface area contributed by atoms with E-state index in [2.05, 4.69) is 26.8 Å². The summed E-state index contributed by atoms with van der Waals surface area (Å²) in [5, 5.41) is 14.9. The lowest BCUT2D eigenvalue weighted by Crippen LogP contribution is -2.17. The van der Waals surface area contributed by atoms with Gasteiger partial charge < -0.3 is 10.6 Å². The highest BCUT2D eigenvalue weighted by molar-refractivity contribution is 7.10. The summed E-state index contributed by atoms with van der Waals surface area (Å²) in [4.78, 5) is 19.7. The van der Waals surface area contributed by atoms with Crippen molar-refractivity contribution >= 4 is 40.5 Å². The van der Waals surface area contributed by atoms with Crippen LogP contribution in [0.15, 0.2) is 65.4 Å². The number of carbonyl (C=O) groups is 1. The Kier molecular flexibility index (Phi) is 6.33. The third kappa shape index (κ3) is 5.30. The number of hydrogen-bond donors (Lipinski definition) is 2. The highest BCUT2D eigenvalue weighted by Gasteiger charge is 2.16. The first-order valence-electron chi connectivity index (χ1n) is 9.34. The van der Waals surface area contributed by atoms with Gasteiger partial charge in [0.15, 0.2) is 0 Å². The fraction of sp³-hybridized carbons (Fsp3) is 0.190. The Morgan fingerprint density at radius 1 is 0.897 bits per heavy atom. The molecular formula is C21H21N5OS2. The molecule has 0 amide bonds. The van der Waals surface area contributed by atoms with Crippen molar-refractivity contribution in [3.8, 4) is 0 Å². The molecular weight excluding hydrogens is 402 g/mol. The molecule has 0 aliphatic carbocycles. The van der Waals surface area contributed by atoms with E-state index in [-0.39, 0.29) is 5.91 Å². The molecule has 0 spiro atoms. The second-order valence-electron chi connectivity index (χ2n) is 6.42. The van der Waals surface area contributed by atoms with E-state index in [0.29, 0.717) is 37.8 Å². The number of benzene rings is 1. The molecule has 148 valence electrons. The van der Waals surface area contributed by atoms with Gasteiger partial charge in [-0.05, 0) is 34.9 Å². The van der Waals surface area contributed by atoms with E-state index in [4.69, 9.17) is 0 Å². The molecule has 1 aromatic carbocycles. The first kappa shape index (κ1) is 19.4. The van der Waals surface area contributed by atoms with Crippen molar-refractivity contribution < 1.29 is 4.79 Å². The summed E-state index contributed by atoms with van der Waals surface area (Å²) >= 11 is 3.33. The molecule has 0 fully saturated rings. The Hall–Kier alpha value is -2.97. The first-order valence-corrected chi connectivity index (χ1v) is 11.1. The van der Waals surface area contributed by atoms with Crippen LogP contribution in [-0.4, -0.2) is 20.7 Å². The van der Waals surface area contributed by atoms with Gasteiger partial charge in [0.2, 0.25) is 17.8 Å². The van der Waals surface area contributed by atoms with Gasteiger partial charge in [-0.2, -0.15) is 9.67 Å². The number of rotatable bonds is 9. The van der Waals surface area contributed by atoms with Crippen LogP contribution in [0.1, 0.15) is 26.5 Å². The second kappa shape index (κ2) is 9.49. The minimum absolute atomic E-state index is 0.0841. The minimum atomic E-state index is -0.0841. The number of thiophene rings is 2. The van der Waals surface area contributed by atoms with Crippen molar-refractivity contribution in [2.75, 3.05) is 10.6 Å². The Balaban J connectivity index is 1.46. The minimum Gasteiger partial charge on any atom is -0.349 e. The van der Waals surface area contributed by atoms with Crippen LogP contribution in [0.5, 0.6) is 0 Å². The van der Waals surface area contributed by atoms with E-state index in [9.17, 15) is 4.79 Å². The molecule has 0 saturated heterocycles. The van der Waals surface area contributed by atoms with Gasteiger partial charge in [-0.1, -0.05) is 42.5 Å². The Morgan fingerprint density at radius 3 is 2.24 bits per heavy atom.